The summed E-state index contributed by atoms with van der Waals surface area (Å²) in [6.45, 7) is 0.237. The van der Waals surface area contributed by atoms with Crippen molar-refractivity contribution >= 4 is 10.0 Å². The summed E-state index contributed by atoms with van der Waals surface area (Å²) in [4.78, 5) is 0. The first-order valence-electron chi connectivity index (χ1n) is 9.80. The molecule has 4 bridgehead atoms. The second kappa shape index (κ2) is 6.99. The molecule has 4 fully saturated rings. The lowest BCUT2D eigenvalue weighted by Gasteiger charge is -2.60. The molecule has 8 heteroatoms. The first kappa shape index (κ1) is 20.2. The summed E-state index contributed by atoms with van der Waals surface area (Å²) in [5.41, 5.74) is -0.911. The molecule has 0 aromatic heterocycles. The molecule has 28 heavy (non-hydrogen) atoms. The van der Waals surface area contributed by atoms with E-state index in [1.54, 1.807) is 7.11 Å². The second-order valence-electron chi connectivity index (χ2n) is 8.74. The molecule has 0 atom stereocenters. The Bertz CT molecular complexity index is 792. The third kappa shape index (κ3) is 3.71. The van der Waals surface area contributed by atoms with Gasteiger partial charge in [-0.3, -0.25) is 0 Å². The van der Waals surface area contributed by atoms with Gasteiger partial charge in [0.15, 0.2) is 0 Å². The van der Waals surface area contributed by atoms with Crippen LogP contribution in [-0.2, 0) is 26.7 Å². The molecule has 156 valence electrons. The molecule has 1 N–H and O–H groups in total. The Kier molecular flexibility index (Phi) is 5.03. The van der Waals surface area contributed by atoms with Crippen LogP contribution in [0.5, 0.6) is 0 Å². The molecule has 0 aliphatic heterocycles. The van der Waals surface area contributed by atoms with Crippen molar-refractivity contribution in [3.05, 3.63) is 35.4 Å². The van der Waals surface area contributed by atoms with E-state index in [0.717, 1.165) is 49.7 Å². The van der Waals surface area contributed by atoms with Gasteiger partial charge in [0, 0.05) is 13.7 Å². The number of methoxy groups -OCH3 is 1. The quantitative estimate of drug-likeness (QED) is 0.762. The van der Waals surface area contributed by atoms with Gasteiger partial charge in [-0.05, 0) is 73.5 Å². The van der Waals surface area contributed by atoms with Gasteiger partial charge in [-0.15, -0.1) is 0 Å². The van der Waals surface area contributed by atoms with Crippen LogP contribution in [0.2, 0.25) is 0 Å². The van der Waals surface area contributed by atoms with Gasteiger partial charge in [0.05, 0.1) is 16.9 Å². The van der Waals surface area contributed by atoms with Crippen LogP contribution in [0.1, 0.15) is 43.2 Å². The van der Waals surface area contributed by atoms with Gasteiger partial charge in [0.2, 0.25) is 10.0 Å². The van der Waals surface area contributed by atoms with E-state index in [9.17, 15) is 21.6 Å². The van der Waals surface area contributed by atoms with Gasteiger partial charge in [0.1, 0.15) is 0 Å². The Morgan fingerprint density at radius 3 is 2.04 bits per heavy atom. The average Bonchev–Trinajstić information content (AvgIpc) is 2.60. The van der Waals surface area contributed by atoms with E-state index in [1.165, 1.54) is 18.6 Å². The highest BCUT2D eigenvalue weighted by Crippen LogP contribution is 2.59. The first-order valence-corrected chi connectivity index (χ1v) is 11.4. The summed E-state index contributed by atoms with van der Waals surface area (Å²) < 4.78 is 71.8. The van der Waals surface area contributed by atoms with Crippen molar-refractivity contribution in [2.75, 3.05) is 13.7 Å². The van der Waals surface area contributed by atoms with Crippen LogP contribution in [0, 0.1) is 23.7 Å². The fourth-order valence-electron chi connectivity index (χ4n) is 5.96. The third-order valence-corrected chi connectivity index (χ3v) is 8.40. The predicted molar refractivity (Wildman–Crippen MR) is 98.9 cm³/mol. The minimum absolute atomic E-state index is 0.237. The zero-order valence-corrected chi connectivity index (χ0v) is 16.7. The summed E-state index contributed by atoms with van der Waals surface area (Å²) in [5.74, 6) is 1.90. The Morgan fingerprint density at radius 2 is 1.57 bits per heavy atom. The lowest BCUT2D eigenvalue weighted by molar-refractivity contribution is -0.185. The first-order chi connectivity index (χ1) is 13.1. The van der Waals surface area contributed by atoms with E-state index in [-0.39, 0.29) is 12.3 Å². The van der Waals surface area contributed by atoms with E-state index in [1.807, 2.05) is 0 Å². The summed E-state index contributed by atoms with van der Waals surface area (Å²) >= 11 is 0. The number of ether oxygens (including phenoxy) is 1. The summed E-state index contributed by atoms with van der Waals surface area (Å²) in [7, 11) is -2.00. The van der Waals surface area contributed by atoms with Crippen molar-refractivity contribution in [1.82, 2.24) is 4.72 Å². The van der Waals surface area contributed by atoms with Crippen molar-refractivity contribution in [1.29, 1.82) is 0 Å². The highest BCUT2D eigenvalue weighted by atomic mass is 32.2. The number of benzene rings is 1. The Balaban J connectivity index is 1.43. The monoisotopic (exact) mass is 417 g/mol. The van der Waals surface area contributed by atoms with Gasteiger partial charge in [-0.1, -0.05) is 12.1 Å². The number of nitrogens with one attached hydrogen (secondary N) is 1. The second-order valence-corrected chi connectivity index (χ2v) is 10.5. The Hall–Kier alpha value is -1.12. The van der Waals surface area contributed by atoms with Crippen molar-refractivity contribution in [2.45, 2.75) is 49.6 Å². The number of hydrogen-bond donors (Lipinski definition) is 1. The molecule has 4 aliphatic rings. The van der Waals surface area contributed by atoms with E-state index in [0.29, 0.717) is 17.4 Å². The predicted octanol–water partition coefficient (Wildman–Crippen LogP) is 3.97. The molecule has 0 spiro atoms. The van der Waals surface area contributed by atoms with E-state index >= 15 is 0 Å². The minimum atomic E-state index is -4.43. The normalized spacial score (nSPS) is 34.7. The fraction of sp³-hybridized carbons (Fsp3) is 0.700. The van der Waals surface area contributed by atoms with Crippen molar-refractivity contribution in [3.8, 4) is 0 Å². The highest BCUT2D eigenvalue weighted by molar-refractivity contribution is 7.88. The number of halogens is 3. The summed E-state index contributed by atoms with van der Waals surface area (Å²) in [6, 6.07) is 4.27. The molecule has 0 heterocycles. The molecule has 4 saturated carbocycles. The average molecular weight is 417 g/mol. The molecule has 1 aromatic rings. The molecule has 0 amide bonds. The van der Waals surface area contributed by atoms with E-state index in [4.69, 9.17) is 4.74 Å². The zero-order valence-electron chi connectivity index (χ0n) is 15.8. The fourth-order valence-corrected chi connectivity index (χ4v) is 7.14. The van der Waals surface area contributed by atoms with E-state index < -0.39 is 27.4 Å². The molecule has 5 rings (SSSR count). The summed E-state index contributed by atoms with van der Waals surface area (Å²) in [6.07, 6.45) is 1.26. The van der Waals surface area contributed by atoms with Gasteiger partial charge in [0.25, 0.3) is 0 Å². The summed E-state index contributed by atoms with van der Waals surface area (Å²) in [5, 5.41) is 0. The lowest BCUT2D eigenvalue weighted by Crippen LogP contribution is -2.63. The third-order valence-electron chi connectivity index (χ3n) is 7.11. The van der Waals surface area contributed by atoms with Crippen LogP contribution < -0.4 is 4.72 Å². The lowest BCUT2D eigenvalue weighted by atomic mass is 9.50. The standard InChI is InChI=1S/C20H26F3NO3S/c1-27-19(17-7-14-6-15(9-17)10-18(19)8-14)12-24-28(25,26)11-13-2-4-16(5-3-13)20(21,22)23/h2-5,14-15,17-18,24H,6-12H2,1H3. The topological polar surface area (TPSA) is 55.4 Å². The largest absolute Gasteiger partial charge is 0.416 e. The SMILES string of the molecule is COC1(CNS(=O)(=O)Cc2ccc(C(F)(F)F)cc2)C2CC3CC(C2)CC1C3. The van der Waals surface area contributed by atoms with Gasteiger partial charge in [-0.25, -0.2) is 13.1 Å². The minimum Gasteiger partial charge on any atom is -0.376 e. The van der Waals surface area contributed by atoms with E-state index in [2.05, 4.69) is 4.72 Å². The maximum Gasteiger partial charge on any atom is 0.416 e. The van der Waals surface area contributed by atoms with Gasteiger partial charge >= 0.3 is 6.18 Å². The Morgan fingerprint density at radius 1 is 1.04 bits per heavy atom. The van der Waals surface area contributed by atoms with Crippen LogP contribution in [0.15, 0.2) is 24.3 Å². The number of rotatable bonds is 6. The molecule has 4 nitrogen and oxygen atoms in total. The van der Waals surface area contributed by atoms with Crippen molar-refractivity contribution < 1.29 is 26.3 Å². The zero-order chi connectivity index (χ0) is 20.2. The van der Waals surface area contributed by atoms with Crippen LogP contribution in [-0.4, -0.2) is 27.7 Å². The number of alkyl halides is 3. The number of hydrogen-bond acceptors (Lipinski definition) is 3. The molecular formula is C20H26F3NO3S. The van der Waals surface area contributed by atoms with Crippen molar-refractivity contribution in [2.24, 2.45) is 23.7 Å². The molecule has 1 aromatic carbocycles. The van der Waals surface area contributed by atoms with Crippen LogP contribution in [0.3, 0.4) is 0 Å². The van der Waals surface area contributed by atoms with Gasteiger partial charge in [-0.2, -0.15) is 13.2 Å². The molecule has 4 aliphatic carbocycles. The maximum absolute atomic E-state index is 12.7. The van der Waals surface area contributed by atoms with Crippen molar-refractivity contribution in [3.63, 3.8) is 0 Å². The highest BCUT2D eigenvalue weighted by Gasteiger charge is 2.57. The molecule has 0 saturated heterocycles. The van der Waals surface area contributed by atoms with Crippen LogP contribution >= 0.6 is 0 Å². The van der Waals surface area contributed by atoms with Crippen LogP contribution in [0.25, 0.3) is 0 Å². The van der Waals surface area contributed by atoms with Gasteiger partial charge < -0.3 is 4.74 Å². The number of sulfonamides is 1. The molecular weight excluding hydrogens is 391 g/mol. The molecule has 0 unspecified atom stereocenters. The maximum atomic E-state index is 12.7. The smallest absolute Gasteiger partial charge is 0.376 e. The Labute approximate surface area is 163 Å². The molecule has 0 radical (unpaired) electrons. The van der Waals surface area contributed by atoms with Crippen LogP contribution in [0.4, 0.5) is 13.2 Å².